The Morgan fingerprint density at radius 3 is 2.69 bits per heavy atom. The van der Waals surface area contributed by atoms with Crippen molar-refractivity contribution in [3.63, 3.8) is 0 Å². The topological polar surface area (TPSA) is 66.5 Å². The Balaban J connectivity index is 1.72. The van der Waals surface area contributed by atoms with E-state index in [2.05, 4.69) is 4.72 Å². The van der Waals surface area contributed by atoms with Crippen LogP contribution in [0.4, 0.5) is 0 Å². The molecule has 1 N–H and O–H groups in total. The Morgan fingerprint density at radius 1 is 1.19 bits per heavy atom. The minimum atomic E-state index is -3.27. The fourth-order valence-corrected chi connectivity index (χ4v) is 4.20. The molecule has 1 aliphatic heterocycles. The number of hydrogen-bond acceptors (Lipinski definition) is 3. The number of nitrogens with one attached hydrogen (secondary N) is 1. The van der Waals surface area contributed by atoms with Crippen molar-refractivity contribution in [3.05, 3.63) is 48.0 Å². The molecule has 0 aliphatic carbocycles. The van der Waals surface area contributed by atoms with Crippen molar-refractivity contribution in [2.24, 2.45) is 5.92 Å². The number of hydrogen-bond donors (Lipinski definition) is 1. The van der Waals surface area contributed by atoms with E-state index >= 15 is 0 Å². The summed E-state index contributed by atoms with van der Waals surface area (Å²) >= 11 is 0. The summed E-state index contributed by atoms with van der Waals surface area (Å²) in [7, 11) is -3.27. The highest BCUT2D eigenvalue weighted by Gasteiger charge is 2.26. The van der Waals surface area contributed by atoms with Gasteiger partial charge >= 0.3 is 0 Å². The van der Waals surface area contributed by atoms with Crippen molar-refractivity contribution < 1.29 is 13.2 Å². The van der Waals surface area contributed by atoms with Gasteiger partial charge in [-0.05, 0) is 49.4 Å². The molecule has 2 aromatic carbocycles. The third-order valence-electron chi connectivity index (χ3n) is 5.02. The summed E-state index contributed by atoms with van der Waals surface area (Å²) in [6.45, 7) is 5.02. The van der Waals surface area contributed by atoms with E-state index in [0.717, 1.165) is 30.2 Å². The smallest absolute Gasteiger partial charge is 0.254 e. The van der Waals surface area contributed by atoms with Gasteiger partial charge < -0.3 is 4.90 Å². The monoisotopic (exact) mass is 374 g/mol. The summed E-state index contributed by atoms with van der Waals surface area (Å²) in [4.78, 5) is 14.9. The summed E-state index contributed by atoms with van der Waals surface area (Å²) < 4.78 is 26.6. The van der Waals surface area contributed by atoms with Gasteiger partial charge in [-0.15, -0.1) is 0 Å². The highest BCUT2D eigenvalue weighted by atomic mass is 32.2. The number of amides is 1. The predicted molar refractivity (Wildman–Crippen MR) is 105 cm³/mol. The van der Waals surface area contributed by atoms with Crippen LogP contribution >= 0.6 is 0 Å². The summed E-state index contributed by atoms with van der Waals surface area (Å²) in [5.41, 5.74) is 0.714. The Morgan fingerprint density at radius 2 is 1.92 bits per heavy atom. The average Bonchev–Trinajstić information content (AvgIpc) is 2.65. The average molecular weight is 375 g/mol. The van der Waals surface area contributed by atoms with Crippen LogP contribution in [0.1, 0.15) is 37.0 Å². The molecule has 6 heteroatoms. The number of piperidine rings is 1. The number of likely N-dealkylation sites (tertiary alicyclic amines) is 1. The van der Waals surface area contributed by atoms with Crippen molar-refractivity contribution in [1.29, 1.82) is 0 Å². The van der Waals surface area contributed by atoms with Gasteiger partial charge in [0.15, 0.2) is 0 Å². The summed E-state index contributed by atoms with van der Waals surface area (Å²) in [5, 5.41) is 1.57. The van der Waals surface area contributed by atoms with Crippen molar-refractivity contribution in [1.82, 2.24) is 9.62 Å². The second kappa shape index (κ2) is 7.76. The SMILES string of the molecule is CC(C)S(=O)(=O)NC[C@@H]1CCCN(C(=O)c2cccc3ccccc23)C1. The number of rotatable bonds is 5. The maximum Gasteiger partial charge on any atom is 0.254 e. The highest BCUT2D eigenvalue weighted by molar-refractivity contribution is 7.90. The minimum Gasteiger partial charge on any atom is -0.338 e. The molecule has 0 radical (unpaired) electrons. The first-order valence-electron chi connectivity index (χ1n) is 9.14. The molecule has 1 fully saturated rings. The number of fused-ring (bicyclic) bond motifs is 1. The fraction of sp³-hybridized carbons (Fsp3) is 0.450. The van der Waals surface area contributed by atoms with E-state index < -0.39 is 15.3 Å². The summed E-state index contributed by atoms with van der Waals surface area (Å²) in [5.74, 6) is 0.175. The van der Waals surface area contributed by atoms with Crippen LogP contribution in [0.3, 0.4) is 0 Å². The fourth-order valence-electron chi connectivity index (χ4n) is 3.40. The van der Waals surface area contributed by atoms with Gasteiger partial charge in [0.1, 0.15) is 0 Å². The molecule has 3 rings (SSSR count). The minimum absolute atomic E-state index is 0.0261. The van der Waals surface area contributed by atoms with Crippen LogP contribution in [0.2, 0.25) is 0 Å². The zero-order chi connectivity index (χ0) is 18.7. The molecule has 1 aliphatic rings. The largest absolute Gasteiger partial charge is 0.338 e. The quantitative estimate of drug-likeness (QED) is 0.875. The lowest BCUT2D eigenvalue weighted by atomic mass is 9.96. The number of nitrogens with zero attached hydrogens (tertiary/aromatic N) is 1. The lowest BCUT2D eigenvalue weighted by Crippen LogP contribution is -2.44. The van der Waals surface area contributed by atoms with Crippen LogP contribution in [0, 0.1) is 5.92 Å². The number of carbonyl (C=O) groups excluding carboxylic acids is 1. The molecule has 140 valence electrons. The molecule has 1 amide bonds. The molecular formula is C20H26N2O3S. The Bertz CT molecular complexity index is 888. The van der Waals surface area contributed by atoms with Gasteiger partial charge in [0.25, 0.3) is 5.91 Å². The Labute approximate surface area is 155 Å². The van der Waals surface area contributed by atoms with E-state index in [-0.39, 0.29) is 11.8 Å². The van der Waals surface area contributed by atoms with Crippen LogP contribution < -0.4 is 4.72 Å². The predicted octanol–water partition coefficient (Wildman–Crippen LogP) is 3.02. The molecule has 0 spiro atoms. The first kappa shape index (κ1) is 18.9. The van der Waals surface area contributed by atoms with Gasteiger partial charge in [0.05, 0.1) is 5.25 Å². The molecule has 1 atom stereocenters. The van der Waals surface area contributed by atoms with E-state index in [9.17, 15) is 13.2 Å². The van der Waals surface area contributed by atoms with Crippen molar-refractivity contribution in [2.45, 2.75) is 31.9 Å². The zero-order valence-electron chi connectivity index (χ0n) is 15.3. The first-order chi connectivity index (χ1) is 12.4. The standard InChI is InChI=1S/C20H26N2O3S/c1-15(2)26(24,25)21-13-16-7-6-12-22(14-16)20(23)19-11-5-9-17-8-3-4-10-18(17)19/h3-5,8-11,15-16,21H,6-7,12-14H2,1-2H3/t16-/m0/s1. The van der Waals surface area contributed by atoms with Crippen molar-refractivity contribution >= 4 is 26.7 Å². The van der Waals surface area contributed by atoms with Crippen molar-refractivity contribution in [3.8, 4) is 0 Å². The molecule has 0 unspecified atom stereocenters. The molecule has 1 saturated heterocycles. The van der Waals surface area contributed by atoms with Gasteiger partial charge in [0, 0.05) is 25.2 Å². The van der Waals surface area contributed by atoms with Gasteiger partial charge in [-0.25, -0.2) is 13.1 Å². The lowest BCUT2D eigenvalue weighted by molar-refractivity contribution is 0.0678. The van der Waals surface area contributed by atoms with Gasteiger partial charge in [-0.3, -0.25) is 4.79 Å². The molecule has 0 saturated carbocycles. The normalized spacial score (nSPS) is 18.4. The molecule has 26 heavy (non-hydrogen) atoms. The van der Waals surface area contributed by atoms with E-state index in [4.69, 9.17) is 0 Å². The molecule has 1 heterocycles. The zero-order valence-corrected chi connectivity index (χ0v) is 16.1. The van der Waals surface area contributed by atoms with E-state index in [1.165, 1.54) is 0 Å². The maximum absolute atomic E-state index is 13.1. The second-order valence-corrected chi connectivity index (χ2v) is 9.55. The van der Waals surface area contributed by atoms with E-state index in [1.807, 2.05) is 47.4 Å². The molecule has 0 aromatic heterocycles. The second-order valence-electron chi connectivity index (χ2n) is 7.23. The number of sulfonamides is 1. The molecule has 5 nitrogen and oxygen atoms in total. The van der Waals surface area contributed by atoms with Crippen LogP contribution in [0.25, 0.3) is 10.8 Å². The van der Waals surface area contributed by atoms with Crippen molar-refractivity contribution in [2.75, 3.05) is 19.6 Å². The lowest BCUT2D eigenvalue weighted by Gasteiger charge is -2.33. The van der Waals surface area contributed by atoms with Crippen LogP contribution in [0.5, 0.6) is 0 Å². The number of carbonyl (C=O) groups is 1. The van der Waals surface area contributed by atoms with E-state index in [1.54, 1.807) is 13.8 Å². The third kappa shape index (κ3) is 4.07. The van der Waals surface area contributed by atoms with Crippen LogP contribution in [-0.4, -0.2) is 44.1 Å². The Kier molecular flexibility index (Phi) is 5.63. The number of benzene rings is 2. The summed E-state index contributed by atoms with van der Waals surface area (Å²) in [6.07, 6.45) is 1.82. The van der Waals surface area contributed by atoms with Crippen LogP contribution in [-0.2, 0) is 10.0 Å². The van der Waals surface area contributed by atoms with Gasteiger partial charge in [-0.1, -0.05) is 36.4 Å². The molecule has 2 aromatic rings. The Hall–Kier alpha value is -1.92. The molecule has 0 bridgehead atoms. The van der Waals surface area contributed by atoms with E-state index in [0.29, 0.717) is 18.7 Å². The summed E-state index contributed by atoms with van der Waals surface area (Å²) in [6, 6.07) is 13.7. The molecular weight excluding hydrogens is 348 g/mol. The van der Waals surface area contributed by atoms with Gasteiger partial charge in [-0.2, -0.15) is 0 Å². The maximum atomic E-state index is 13.1. The van der Waals surface area contributed by atoms with Gasteiger partial charge in [0.2, 0.25) is 10.0 Å². The first-order valence-corrected chi connectivity index (χ1v) is 10.7. The highest BCUT2D eigenvalue weighted by Crippen LogP contribution is 2.23. The van der Waals surface area contributed by atoms with Crippen LogP contribution in [0.15, 0.2) is 42.5 Å². The third-order valence-corrected chi connectivity index (χ3v) is 6.83.